The predicted molar refractivity (Wildman–Crippen MR) is 81.1 cm³/mol. The summed E-state index contributed by atoms with van der Waals surface area (Å²) in [6, 6.07) is 11.8. The van der Waals surface area contributed by atoms with E-state index in [-0.39, 0.29) is 5.91 Å². The number of carbonyl (C=O) groups is 1. The van der Waals surface area contributed by atoms with Crippen molar-refractivity contribution in [1.29, 1.82) is 0 Å². The Morgan fingerprint density at radius 3 is 2.75 bits per heavy atom. The van der Waals surface area contributed by atoms with Crippen LogP contribution in [0.1, 0.15) is 23.4 Å². The van der Waals surface area contributed by atoms with Gasteiger partial charge in [-0.2, -0.15) is 0 Å². The zero-order valence-electron chi connectivity index (χ0n) is 11.5. The standard InChI is InChI=1S/C16H17NO2S/c1-20-13-6-4-5-12(11-13)14-7-8-15(19-14)16(18)17-9-2-3-10-17/h4-8,11H,2-3,9-10H2,1H3. The van der Waals surface area contributed by atoms with Gasteiger partial charge in [0.15, 0.2) is 5.76 Å². The number of carbonyl (C=O) groups excluding carboxylic acids is 1. The average molecular weight is 287 g/mol. The van der Waals surface area contributed by atoms with E-state index < -0.39 is 0 Å². The normalized spacial score (nSPS) is 14.8. The molecule has 1 amide bonds. The van der Waals surface area contributed by atoms with Gasteiger partial charge in [-0.1, -0.05) is 12.1 Å². The van der Waals surface area contributed by atoms with E-state index >= 15 is 0 Å². The van der Waals surface area contributed by atoms with Crippen LogP contribution in [0.3, 0.4) is 0 Å². The minimum absolute atomic E-state index is 0.00905. The molecule has 1 aromatic carbocycles. The molecule has 0 atom stereocenters. The molecule has 0 saturated carbocycles. The van der Waals surface area contributed by atoms with E-state index in [0.717, 1.165) is 37.3 Å². The van der Waals surface area contributed by atoms with Gasteiger partial charge < -0.3 is 9.32 Å². The molecule has 2 aromatic rings. The Labute approximate surface area is 123 Å². The van der Waals surface area contributed by atoms with Gasteiger partial charge in [-0.15, -0.1) is 11.8 Å². The number of amides is 1. The summed E-state index contributed by atoms with van der Waals surface area (Å²) in [6.45, 7) is 1.69. The van der Waals surface area contributed by atoms with E-state index in [4.69, 9.17) is 4.42 Å². The molecule has 0 aliphatic carbocycles. The van der Waals surface area contributed by atoms with Crippen molar-refractivity contribution in [2.24, 2.45) is 0 Å². The molecule has 104 valence electrons. The minimum atomic E-state index is 0.00905. The zero-order valence-corrected chi connectivity index (χ0v) is 12.3. The van der Waals surface area contributed by atoms with Crippen LogP contribution in [0.25, 0.3) is 11.3 Å². The second-order valence-corrected chi connectivity index (χ2v) is 5.77. The fourth-order valence-electron chi connectivity index (χ4n) is 2.46. The Morgan fingerprint density at radius 2 is 2.00 bits per heavy atom. The number of benzene rings is 1. The summed E-state index contributed by atoms with van der Waals surface area (Å²) in [4.78, 5) is 15.3. The van der Waals surface area contributed by atoms with Gasteiger partial charge in [-0.25, -0.2) is 0 Å². The Bertz CT molecular complexity index is 614. The lowest BCUT2D eigenvalue weighted by atomic mass is 10.2. The average Bonchev–Trinajstić information content (AvgIpc) is 3.18. The van der Waals surface area contributed by atoms with Crippen LogP contribution in [-0.2, 0) is 0 Å². The van der Waals surface area contributed by atoms with Crippen LogP contribution in [0, 0.1) is 0 Å². The van der Waals surface area contributed by atoms with Gasteiger partial charge in [0.05, 0.1) is 0 Å². The van der Waals surface area contributed by atoms with Gasteiger partial charge in [0.25, 0.3) is 5.91 Å². The van der Waals surface area contributed by atoms with Crippen molar-refractivity contribution in [3.63, 3.8) is 0 Å². The van der Waals surface area contributed by atoms with E-state index in [0.29, 0.717) is 5.76 Å². The third kappa shape index (κ3) is 2.61. The summed E-state index contributed by atoms with van der Waals surface area (Å²) in [5.41, 5.74) is 1.01. The molecule has 20 heavy (non-hydrogen) atoms. The first-order valence-electron chi connectivity index (χ1n) is 6.81. The van der Waals surface area contributed by atoms with Gasteiger partial charge >= 0.3 is 0 Å². The summed E-state index contributed by atoms with van der Waals surface area (Å²) < 4.78 is 5.74. The maximum Gasteiger partial charge on any atom is 0.289 e. The summed E-state index contributed by atoms with van der Waals surface area (Å²) in [7, 11) is 0. The molecule has 1 aliphatic rings. The maximum atomic E-state index is 12.2. The summed E-state index contributed by atoms with van der Waals surface area (Å²) >= 11 is 1.69. The van der Waals surface area contributed by atoms with Crippen LogP contribution in [0.5, 0.6) is 0 Å². The van der Waals surface area contributed by atoms with Crippen molar-refractivity contribution in [2.75, 3.05) is 19.3 Å². The Morgan fingerprint density at radius 1 is 1.20 bits per heavy atom. The van der Waals surface area contributed by atoms with E-state index in [1.165, 1.54) is 4.90 Å². The smallest absolute Gasteiger partial charge is 0.289 e. The lowest BCUT2D eigenvalue weighted by Gasteiger charge is -2.12. The number of thioether (sulfide) groups is 1. The van der Waals surface area contributed by atoms with Gasteiger partial charge in [0, 0.05) is 23.5 Å². The van der Waals surface area contributed by atoms with Crippen LogP contribution < -0.4 is 0 Å². The van der Waals surface area contributed by atoms with Crippen molar-refractivity contribution < 1.29 is 9.21 Å². The fraction of sp³-hybridized carbons (Fsp3) is 0.312. The minimum Gasteiger partial charge on any atom is -0.451 e. The zero-order chi connectivity index (χ0) is 13.9. The van der Waals surface area contributed by atoms with Crippen molar-refractivity contribution in [2.45, 2.75) is 17.7 Å². The highest BCUT2D eigenvalue weighted by molar-refractivity contribution is 7.98. The molecule has 0 bridgehead atoms. The molecule has 1 saturated heterocycles. The number of nitrogens with zero attached hydrogens (tertiary/aromatic N) is 1. The van der Waals surface area contributed by atoms with Crippen LogP contribution in [0.2, 0.25) is 0 Å². The highest BCUT2D eigenvalue weighted by Crippen LogP contribution is 2.27. The molecule has 0 unspecified atom stereocenters. The number of hydrogen-bond acceptors (Lipinski definition) is 3. The largest absolute Gasteiger partial charge is 0.451 e. The quantitative estimate of drug-likeness (QED) is 0.803. The van der Waals surface area contributed by atoms with E-state index in [2.05, 4.69) is 12.1 Å². The SMILES string of the molecule is CSc1cccc(-c2ccc(C(=O)N3CCCC3)o2)c1. The molecule has 2 heterocycles. The summed E-state index contributed by atoms with van der Waals surface area (Å²) in [5, 5.41) is 0. The molecule has 3 nitrogen and oxygen atoms in total. The van der Waals surface area contributed by atoms with E-state index in [9.17, 15) is 4.79 Å². The maximum absolute atomic E-state index is 12.2. The van der Waals surface area contributed by atoms with Gasteiger partial charge in [0.1, 0.15) is 5.76 Å². The van der Waals surface area contributed by atoms with Crippen molar-refractivity contribution in [3.8, 4) is 11.3 Å². The highest BCUT2D eigenvalue weighted by Gasteiger charge is 2.22. The van der Waals surface area contributed by atoms with Gasteiger partial charge in [0.2, 0.25) is 0 Å². The predicted octanol–water partition coefficient (Wildman–Crippen LogP) is 3.90. The number of furan rings is 1. The number of likely N-dealkylation sites (tertiary alicyclic amines) is 1. The monoisotopic (exact) mass is 287 g/mol. The van der Waals surface area contributed by atoms with Gasteiger partial charge in [-0.3, -0.25) is 4.79 Å². The summed E-state index contributed by atoms with van der Waals surface area (Å²) in [6.07, 6.45) is 4.23. The van der Waals surface area contributed by atoms with E-state index in [1.54, 1.807) is 17.8 Å². The fourth-order valence-corrected chi connectivity index (χ4v) is 2.92. The van der Waals surface area contributed by atoms with E-state index in [1.807, 2.05) is 29.4 Å². The lowest BCUT2D eigenvalue weighted by Crippen LogP contribution is -2.27. The second kappa shape index (κ2) is 5.75. The molecular formula is C16H17NO2S. The number of rotatable bonds is 3. The first-order valence-corrected chi connectivity index (χ1v) is 8.04. The lowest BCUT2D eigenvalue weighted by molar-refractivity contribution is 0.0762. The molecule has 3 rings (SSSR count). The molecule has 4 heteroatoms. The van der Waals surface area contributed by atoms with Crippen molar-refractivity contribution >= 4 is 17.7 Å². The summed E-state index contributed by atoms with van der Waals surface area (Å²) in [5.74, 6) is 1.20. The molecule has 0 radical (unpaired) electrons. The molecule has 1 aromatic heterocycles. The third-order valence-electron chi connectivity index (χ3n) is 3.56. The molecule has 0 spiro atoms. The highest BCUT2D eigenvalue weighted by atomic mass is 32.2. The first-order chi connectivity index (χ1) is 9.78. The van der Waals surface area contributed by atoms with Crippen LogP contribution in [-0.4, -0.2) is 30.2 Å². The first kappa shape index (κ1) is 13.3. The van der Waals surface area contributed by atoms with Crippen molar-refractivity contribution in [1.82, 2.24) is 4.90 Å². The Balaban J connectivity index is 1.83. The molecule has 1 fully saturated rings. The van der Waals surface area contributed by atoms with Crippen molar-refractivity contribution in [3.05, 3.63) is 42.2 Å². The van der Waals surface area contributed by atoms with Crippen LogP contribution in [0.4, 0.5) is 0 Å². The Kier molecular flexibility index (Phi) is 3.83. The Hall–Kier alpha value is -1.68. The van der Waals surface area contributed by atoms with Crippen LogP contribution in [0.15, 0.2) is 45.7 Å². The molecule has 0 N–H and O–H groups in total. The topological polar surface area (TPSA) is 33.5 Å². The second-order valence-electron chi connectivity index (χ2n) is 4.90. The van der Waals surface area contributed by atoms with Crippen LogP contribution >= 0.6 is 11.8 Å². The third-order valence-corrected chi connectivity index (χ3v) is 4.29. The van der Waals surface area contributed by atoms with Gasteiger partial charge in [-0.05, 0) is 43.4 Å². The molecular weight excluding hydrogens is 270 g/mol. The number of hydrogen-bond donors (Lipinski definition) is 0. The molecule has 1 aliphatic heterocycles.